The maximum absolute atomic E-state index is 11.9. The molecule has 2 aliphatic rings. The highest BCUT2D eigenvalue weighted by molar-refractivity contribution is 5.83. The van der Waals surface area contributed by atoms with Crippen LogP contribution in [0.2, 0.25) is 0 Å². The van der Waals surface area contributed by atoms with Gasteiger partial charge in [-0.05, 0) is 31.1 Å². The summed E-state index contributed by atoms with van der Waals surface area (Å²) < 4.78 is 0. The number of rotatable bonds is 4. The number of nitrogens with one attached hydrogen (secondary N) is 2. The second-order valence-corrected chi connectivity index (χ2v) is 6.26. The first-order valence-corrected chi connectivity index (χ1v) is 7.69. The van der Waals surface area contributed by atoms with Gasteiger partial charge in [0.1, 0.15) is 0 Å². The van der Waals surface area contributed by atoms with Crippen molar-refractivity contribution in [2.75, 3.05) is 13.1 Å². The second-order valence-electron chi connectivity index (χ2n) is 6.26. The van der Waals surface area contributed by atoms with Crippen molar-refractivity contribution in [1.29, 1.82) is 0 Å². The minimum atomic E-state index is -0.0250. The molecule has 3 unspecified atom stereocenters. The van der Waals surface area contributed by atoms with Crippen molar-refractivity contribution in [3.63, 3.8) is 0 Å². The van der Waals surface area contributed by atoms with Gasteiger partial charge in [-0.1, -0.05) is 26.2 Å². The fraction of sp³-hybridized carbons (Fsp3) is 0.867. The van der Waals surface area contributed by atoms with Crippen molar-refractivity contribution >= 4 is 11.8 Å². The molecular formula is C15H26N2O2. The predicted molar refractivity (Wildman–Crippen MR) is 74.5 cm³/mol. The summed E-state index contributed by atoms with van der Waals surface area (Å²) in [5, 5.41) is 5.80. The van der Waals surface area contributed by atoms with Gasteiger partial charge in [-0.2, -0.15) is 0 Å². The number of carbonyl (C=O) groups is 2. The first-order valence-electron chi connectivity index (χ1n) is 7.69. The Morgan fingerprint density at radius 2 is 2.21 bits per heavy atom. The van der Waals surface area contributed by atoms with Gasteiger partial charge in [-0.3, -0.25) is 9.59 Å². The number of hydrogen-bond donors (Lipinski definition) is 2. The molecule has 2 fully saturated rings. The molecule has 4 heteroatoms. The van der Waals surface area contributed by atoms with Crippen LogP contribution in [0.25, 0.3) is 0 Å². The summed E-state index contributed by atoms with van der Waals surface area (Å²) in [4.78, 5) is 23.0. The number of piperidine rings is 1. The van der Waals surface area contributed by atoms with Gasteiger partial charge in [-0.15, -0.1) is 0 Å². The molecule has 19 heavy (non-hydrogen) atoms. The lowest BCUT2D eigenvalue weighted by molar-refractivity contribution is -0.128. The highest BCUT2D eigenvalue weighted by Gasteiger charge is 2.24. The fourth-order valence-electron chi connectivity index (χ4n) is 3.32. The smallest absolute Gasteiger partial charge is 0.224 e. The predicted octanol–water partition coefficient (Wildman–Crippen LogP) is 1.85. The van der Waals surface area contributed by atoms with Gasteiger partial charge in [-0.25, -0.2) is 0 Å². The van der Waals surface area contributed by atoms with Crippen LogP contribution in [-0.4, -0.2) is 24.9 Å². The monoisotopic (exact) mass is 266 g/mol. The quantitative estimate of drug-likeness (QED) is 0.816. The molecule has 0 aromatic rings. The lowest BCUT2D eigenvalue weighted by Crippen LogP contribution is -2.43. The third-order valence-corrected chi connectivity index (χ3v) is 4.53. The third-order valence-electron chi connectivity index (χ3n) is 4.53. The van der Waals surface area contributed by atoms with E-state index < -0.39 is 0 Å². The van der Waals surface area contributed by atoms with E-state index in [1.54, 1.807) is 0 Å². The maximum atomic E-state index is 11.9. The molecule has 2 amide bonds. The Hall–Kier alpha value is -1.06. The van der Waals surface area contributed by atoms with Crippen LogP contribution in [0, 0.1) is 17.8 Å². The molecular weight excluding hydrogens is 240 g/mol. The van der Waals surface area contributed by atoms with Crippen LogP contribution in [0.1, 0.15) is 51.9 Å². The van der Waals surface area contributed by atoms with E-state index in [9.17, 15) is 9.59 Å². The van der Waals surface area contributed by atoms with Gasteiger partial charge >= 0.3 is 0 Å². The van der Waals surface area contributed by atoms with Crippen molar-refractivity contribution in [2.24, 2.45) is 17.8 Å². The lowest BCUT2D eigenvalue weighted by Gasteiger charge is -2.27. The van der Waals surface area contributed by atoms with Crippen molar-refractivity contribution in [2.45, 2.75) is 51.9 Å². The van der Waals surface area contributed by atoms with Crippen molar-refractivity contribution in [3.8, 4) is 0 Å². The van der Waals surface area contributed by atoms with E-state index in [1.807, 2.05) is 0 Å². The zero-order valence-corrected chi connectivity index (χ0v) is 11.9. The first kappa shape index (κ1) is 14.4. The van der Waals surface area contributed by atoms with E-state index in [0.717, 1.165) is 24.8 Å². The largest absolute Gasteiger partial charge is 0.356 e. The van der Waals surface area contributed by atoms with Gasteiger partial charge in [0.25, 0.3) is 0 Å². The molecule has 1 saturated heterocycles. The zero-order valence-electron chi connectivity index (χ0n) is 11.9. The lowest BCUT2D eigenvalue weighted by atomic mass is 9.81. The average Bonchev–Trinajstić information content (AvgIpc) is 2.39. The summed E-state index contributed by atoms with van der Waals surface area (Å²) in [5.41, 5.74) is 0. The summed E-state index contributed by atoms with van der Waals surface area (Å²) in [6, 6.07) is 0. The van der Waals surface area contributed by atoms with E-state index >= 15 is 0 Å². The Bertz CT molecular complexity index is 320. The Morgan fingerprint density at radius 1 is 1.37 bits per heavy atom. The molecule has 2 N–H and O–H groups in total. The molecule has 4 nitrogen and oxygen atoms in total. The Labute approximate surface area is 115 Å². The molecule has 1 aliphatic heterocycles. The van der Waals surface area contributed by atoms with Crippen LogP contribution >= 0.6 is 0 Å². The van der Waals surface area contributed by atoms with Gasteiger partial charge in [0.2, 0.25) is 11.8 Å². The van der Waals surface area contributed by atoms with E-state index in [-0.39, 0.29) is 17.7 Å². The van der Waals surface area contributed by atoms with Crippen LogP contribution in [-0.2, 0) is 9.59 Å². The minimum absolute atomic E-state index is 0.0250. The molecule has 1 aliphatic carbocycles. The average molecular weight is 266 g/mol. The summed E-state index contributed by atoms with van der Waals surface area (Å²) in [6.07, 6.45) is 7.62. The molecule has 1 saturated carbocycles. The summed E-state index contributed by atoms with van der Waals surface area (Å²) >= 11 is 0. The second kappa shape index (κ2) is 6.92. The van der Waals surface area contributed by atoms with Crippen molar-refractivity contribution < 1.29 is 9.59 Å². The molecule has 108 valence electrons. The normalized spacial score (nSPS) is 31.6. The molecule has 1 heterocycles. The standard InChI is InChI=1S/C15H26N2O2/c1-11-3-2-4-12(9-11)7-8-16-15(19)13-5-6-14(18)17-10-13/h11-13H,2-10H2,1H3,(H,16,19)(H,17,18). The SMILES string of the molecule is CC1CCCC(CCNC(=O)C2CCC(=O)NC2)C1. The highest BCUT2D eigenvalue weighted by Crippen LogP contribution is 2.30. The summed E-state index contributed by atoms with van der Waals surface area (Å²) in [7, 11) is 0. The highest BCUT2D eigenvalue weighted by atomic mass is 16.2. The third kappa shape index (κ3) is 4.51. The van der Waals surface area contributed by atoms with Crippen LogP contribution in [0.15, 0.2) is 0 Å². The van der Waals surface area contributed by atoms with Gasteiger partial charge < -0.3 is 10.6 Å². The van der Waals surface area contributed by atoms with Gasteiger partial charge in [0.15, 0.2) is 0 Å². The number of amides is 2. The molecule has 3 atom stereocenters. The van der Waals surface area contributed by atoms with Crippen LogP contribution in [0.4, 0.5) is 0 Å². The summed E-state index contributed by atoms with van der Waals surface area (Å²) in [5.74, 6) is 1.80. The maximum Gasteiger partial charge on any atom is 0.224 e. The first-order chi connectivity index (χ1) is 9.15. The zero-order chi connectivity index (χ0) is 13.7. The van der Waals surface area contributed by atoms with Crippen LogP contribution in [0.5, 0.6) is 0 Å². The van der Waals surface area contributed by atoms with Crippen LogP contribution < -0.4 is 10.6 Å². The minimum Gasteiger partial charge on any atom is -0.356 e. The van der Waals surface area contributed by atoms with Crippen molar-refractivity contribution in [1.82, 2.24) is 10.6 Å². The molecule has 0 bridgehead atoms. The topological polar surface area (TPSA) is 58.2 Å². The number of hydrogen-bond acceptors (Lipinski definition) is 2. The Morgan fingerprint density at radius 3 is 2.89 bits per heavy atom. The Kier molecular flexibility index (Phi) is 5.23. The molecule has 0 radical (unpaired) electrons. The van der Waals surface area contributed by atoms with E-state index in [2.05, 4.69) is 17.6 Å². The van der Waals surface area contributed by atoms with Gasteiger partial charge in [0.05, 0.1) is 5.92 Å². The van der Waals surface area contributed by atoms with E-state index in [0.29, 0.717) is 19.4 Å². The number of carbonyl (C=O) groups excluding carboxylic acids is 2. The molecule has 2 rings (SSSR count). The van der Waals surface area contributed by atoms with E-state index in [4.69, 9.17) is 0 Å². The van der Waals surface area contributed by atoms with Gasteiger partial charge in [0, 0.05) is 19.5 Å². The van der Waals surface area contributed by atoms with Crippen molar-refractivity contribution in [3.05, 3.63) is 0 Å². The Balaban J connectivity index is 1.62. The molecule has 0 aromatic carbocycles. The van der Waals surface area contributed by atoms with Crippen LogP contribution in [0.3, 0.4) is 0 Å². The summed E-state index contributed by atoms with van der Waals surface area (Å²) in [6.45, 7) is 3.63. The van der Waals surface area contributed by atoms with E-state index in [1.165, 1.54) is 25.7 Å². The fourth-order valence-corrected chi connectivity index (χ4v) is 3.32. The molecule has 0 aromatic heterocycles. The molecule has 0 spiro atoms.